The zero-order chi connectivity index (χ0) is 5.98. The van der Waals surface area contributed by atoms with Gasteiger partial charge in [-0.1, -0.05) is 0 Å². The molecule has 2 radical (unpaired) electrons. The van der Waals surface area contributed by atoms with Gasteiger partial charge in [-0.3, -0.25) is 23.3 Å². The molecule has 0 heterocycles. The minimum absolute atomic E-state index is 0. The van der Waals surface area contributed by atoms with Gasteiger partial charge < -0.3 is 12.1 Å². The molecule has 0 aromatic heterocycles. The van der Waals surface area contributed by atoms with Crippen LogP contribution in [0.2, 0.25) is 0 Å². The average Bonchev–Trinajstić information content (AvgIpc) is 1.77. The summed E-state index contributed by atoms with van der Waals surface area (Å²) in [4.78, 5) is 0. The third-order valence-corrected chi connectivity index (χ3v) is 1.03. The Hall–Kier alpha value is 1.43. The summed E-state index contributed by atoms with van der Waals surface area (Å²) < 4.78 is 0. The summed E-state index contributed by atoms with van der Waals surface area (Å²) in [6, 6.07) is 10.0. The number of aryl methyl sites for hydroxylation is 2. The summed E-state index contributed by atoms with van der Waals surface area (Å²) in [6.07, 6.45) is 0. The third-order valence-electron chi connectivity index (χ3n) is 1.03. The first-order valence-corrected chi connectivity index (χ1v) is 2.65. The summed E-state index contributed by atoms with van der Waals surface area (Å²) in [6.45, 7) is 4.02. The number of rotatable bonds is 0. The Labute approximate surface area is 113 Å². The molecule has 0 aliphatic carbocycles. The number of benzene rings is 1. The van der Waals surface area contributed by atoms with Gasteiger partial charge in [0, 0.05) is 65.4 Å². The summed E-state index contributed by atoms with van der Waals surface area (Å²) in [5.41, 5.74) is 2.30. The summed E-state index contributed by atoms with van der Waals surface area (Å²) >= 11 is 0. The molecule has 10 heavy (non-hydrogen) atoms. The molecule has 1 aromatic carbocycles. The van der Waals surface area contributed by atoms with E-state index < -0.39 is 0 Å². The van der Waals surface area contributed by atoms with Crippen molar-refractivity contribution < 1.29 is 65.4 Å². The van der Waals surface area contributed by atoms with Crippen LogP contribution < -0.4 is 0 Å². The van der Waals surface area contributed by atoms with Crippen LogP contribution in [0.3, 0.4) is 0 Å². The van der Waals surface area contributed by atoms with E-state index in [-0.39, 0.29) is 65.4 Å². The van der Waals surface area contributed by atoms with Crippen LogP contribution in [0.4, 0.5) is 0 Å². The molecule has 0 saturated carbocycles. The van der Waals surface area contributed by atoms with Gasteiger partial charge in [-0.2, -0.15) is 0 Å². The molecular formula is C8H8Y2-2. The summed E-state index contributed by atoms with van der Waals surface area (Å²) in [5, 5.41) is 0. The average molecular weight is 282 g/mol. The van der Waals surface area contributed by atoms with E-state index in [9.17, 15) is 0 Å². The van der Waals surface area contributed by atoms with Gasteiger partial charge in [-0.25, -0.2) is 0 Å². The van der Waals surface area contributed by atoms with Gasteiger partial charge in [-0.15, -0.1) is 13.8 Å². The van der Waals surface area contributed by atoms with E-state index in [1.807, 2.05) is 26.0 Å². The van der Waals surface area contributed by atoms with Crippen molar-refractivity contribution in [1.82, 2.24) is 0 Å². The fourth-order valence-electron chi connectivity index (χ4n) is 0.528. The topological polar surface area (TPSA) is 0 Å². The zero-order valence-corrected chi connectivity index (χ0v) is 12.0. The molecule has 0 amide bonds. The monoisotopic (exact) mass is 282 g/mol. The molecule has 0 bridgehead atoms. The maximum absolute atomic E-state index is 3.07. The van der Waals surface area contributed by atoms with E-state index in [2.05, 4.69) is 12.1 Å². The van der Waals surface area contributed by atoms with Crippen molar-refractivity contribution in [3.8, 4) is 0 Å². The Bertz CT molecular complexity index is 146. The minimum atomic E-state index is 0. The molecule has 0 spiro atoms. The van der Waals surface area contributed by atoms with E-state index in [1.165, 1.54) is 0 Å². The molecule has 2 heteroatoms. The number of hydrogen-bond donors (Lipinski definition) is 0. The van der Waals surface area contributed by atoms with Crippen molar-refractivity contribution in [3.63, 3.8) is 0 Å². The van der Waals surface area contributed by atoms with Crippen molar-refractivity contribution in [2.24, 2.45) is 0 Å². The number of hydrogen-bond acceptors (Lipinski definition) is 0. The second kappa shape index (κ2) is 7.10. The van der Waals surface area contributed by atoms with Gasteiger partial charge in [-0.05, 0) is 0 Å². The SMILES string of the molecule is Cc1[c-]cc(C)[c-]c1.[Y].[Y]. The molecule has 1 aromatic rings. The molecule has 0 unspecified atom stereocenters. The second-order valence-corrected chi connectivity index (χ2v) is 1.94. The van der Waals surface area contributed by atoms with Crippen molar-refractivity contribution in [2.45, 2.75) is 13.8 Å². The first-order valence-electron chi connectivity index (χ1n) is 2.65. The van der Waals surface area contributed by atoms with Crippen molar-refractivity contribution in [2.75, 3.05) is 0 Å². The zero-order valence-electron chi connectivity index (χ0n) is 6.31. The molecule has 0 aliphatic rings. The van der Waals surface area contributed by atoms with Gasteiger partial charge in [0.25, 0.3) is 0 Å². The first-order chi connectivity index (χ1) is 3.79. The maximum atomic E-state index is 3.07. The molecular weight excluding hydrogens is 274 g/mol. The second-order valence-electron chi connectivity index (χ2n) is 1.94. The quantitative estimate of drug-likeness (QED) is 0.637. The van der Waals surface area contributed by atoms with Gasteiger partial charge in [0.05, 0.1) is 0 Å². The van der Waals surface area contributed by atoms with Gasteiger partial charge in [0.2, 0.25) is 0 Å². The van der Waals surface area contributed by atoms with Crippen molar-refractivity contribution in [3.05, 3.63) is 35.4 Å². The maximum Gasteiger partial charge on any atom is 0 e. The molecule has 1 rings (SSSR count). The summed E-state index contributed by atoms with van der Waals surface area (Å²) in [7, 11) is 0. The molecule has 48 valence electrons. The van der Waals surface area contributed by atoms with Crippen LogP contribution in [0, 0.1) is 26.0 Å². The van der Waals surface area contributed by atoms with Gasteiger partial charge >= 0.3 is 0 Å². The van der Waals surface area contributed by atoms with Gasteiger partial charge in [0.15, 0.2) is 0 Å². The first kappa shape index (κ1) is 14.0. The normalized spacial score (nSPS) is 7.40. The van der Waals surface area contributed by atoms with E-state index in [0.717, 1.165) is 11.1 Å². The van der Waals surface area contributed by atoms with Crippen LogP contribution >= 0.6 is 0 Å². The minimum Gasteiger partial charge on any atom is -0.316 e. The Balaban J connectivity index is 0. The smallest absolute Gasteiger partial charge is 0 e. The van der Waals surface area contributed by atoms with Crippen molar-refractivity contribution >= 4 is 0 Å². The Morgan fingerprint density at radius 2 is 1.20 bits per heavy atom. The fraction of sp³-hybridized carbons (Fsp3) is 0.250. The van der Waals surface area contributed by atoms with E-state index >= 15 is 0 Å². The van der Waals surface area contributed by atoms with E-state index in [0.29, 0.717) is 0 Å². The van der Waals surface area contributed by atoms with Gasteiger partial charge in [0.1, 0.15) is 0 Å². The third kappa shape index (κ3) is 5.13. The largest absolute Gasteiger partial charge is 0.316 e. The Morgan fingerprint density at radius 3 is 1.40 bits per heavy atom. The molecule has 0 saturated heterocycles. The predicted molar refractivity (Wildman–Crippen MR) is 33.6 cm³/mol. The molecule has 0 fully saturated rings. The Kier molecular flexibility index (Phi) is 9.92. The van der Waals surface area contributed by atoms with E-state index in [4.69, 9.17) is 0 Å². The molecule has 0 atom stereocenters. The Morgan fingerprint density at radius 1 is 0.900 bits per heavy atom. The molecule has 0 aliphatic heterocycles. The molecule has 0 N–H and O–H groups in total. The standard InChI is InChI=1S/C8H8.2Y/c1-7-3-5-8(2)6-4-7;;/h3,6H,1-2H3;;/q-2;;. The van der Waals surface area contributed by atoms with E-state index in [1.54, 1.807) is 0 Å². The fourth-order valence-corrected chi connectivity index (χ4v) is 0.528. The van der Waals surface area contributed by atoms with Crippen LogP contribution in [0.15, 0.2) is 12.1 Å². The van der Waals surface area contributed by atoms with Crippen LogP contribution in [0.1, 0.15) is 11.1 Å². The predicted octanol–water partition coefficient (Wildman–Crippen LogP) is 1.90. The van der Waals surface area contributed by atoms with Crippen LogP contribution in [-0.2, 0) is 65.4 Å². The summed E-state index contributed by atoms with van der Waals surface area (Å²) in [5.74, 6) is 0. The van der Waals surface area contributed by atoms with Crippen LogP contribution in [0.25, 0.3) is 0 Å². The van der Waals surface area contributed by atoms with Crippen molar-refractivity contribution in [1.29, 1.82) is 0 Å². The van der Waals surface area contributed by atoms with Crippen LogP contribution in [-0.4, -0.2) is 0 Å². The van der Waals surface area contributed by atoms with Crippen LogP contribution in [0.5, 0.6) is 0 Å². The molecule has 0 nitrogen and oxygen atoms in total.